The Morgan fingerprint density at radius 3 is 2.50 bits per heavy atom. The molecule has 1 heterocycles. The van der Waals surface area contributed by atoms with Gasteiger partial charge in [-0.25, -0.2) is 4.39 Å². The van der Waals surface area contributed by atoms with Crippen LogP contribution in [-0.2, 0) is 11.3 Å². The molecule has 3 rings (SSSR count). The van der Waals surface area contributed by atoms with E-state index in [0.717, 1.165) is 29.2 Å². The number of carbonyl (C=O) groups is 1. The summed E-state index contributed by atoms with van der Waals surface area (Å²) in [6, 6.07) is 12.9. The Labute approximate surface area is 166 Å². The van der Waals surface area contributed by atoms with E-state index in [1.165, 1.54) is 38.1 Å². The van der Waals surface area contributed by atoms with E-state index in [2.05, 4.69) is 22.3 Å². The summed E-state index contributed by atoms with van der Waals surface area (Å²) in [4.78, 5) is 15.7. The van der Waals surface area contributed by atoms with Gasteiger partial charge in [0.2, 0.25) is 0 Å². The zero-order valence-corrected chi connectivity index (χ0v) is 16.6. The molecule has 1 aliphatic heterocycles. The minimum Gasteiger partial charge on any atom is -0.494 e. The van der Waals surface area contributed by atoms with Gasteiger partial charge in [0.05, 0.1) is 14.2 Å². The SMILES string of the molecule is COc1ccc(C[NH+](C)CC(=O)Nc2ccc(N3CCCCC3)cc2)cc1F. The van der Waals surface area contributed by atoms with E-state index >= 15 is 0 Å². The number of likely N-dealkylation sites (N-methyl/N-ethyl adjacent to an activating group) is 1. The highest BCUT2D eigenvalue weighted by Crippen LogP contribution is 2.21. The molecular weight excluding hydrogens is 357 g/mol. The largest absolute Gasteiger partial charge is 0.494 e. The number of rotatable bonds is 7. The van der Waals surface area contributed by atoms with Crippen molar-refractivity contribution in [3.8, 4) is 5.75 Å². The summed E-state index contributed by atoms with van der Waals surface area (Å²) in [7, 11) is 3.36. The predicted octanol–water partition coefficient (Wildman–Crippen LogP) is 2.48. The Kier molecular flexibility index (Phi) is 6.87. The van der Waals surface area contributed by atoms with Gasteiger partial charge in [-0.1, -0.05) is 0 Å². The smallest absolute Gasteiger partial charge is 0.279 e. The highest BCUT2D eigenvalue weighted by atomic mass is 19.1. The summed E-state index contributed by atoms with van der Waals surface area (Å²) >= 11 is 0. The fraction of sp³-hybridized carbons (Fsp3) is 0.409. The summed E-state index contributed by atoms with van der Waals surface area (Å²) in [5.41, 5.74) is 2.84. The molecule has 2 N–H and O–H groups in total. The maximum Gasteiger partial charge on any atom is 0.279 e. The first-order valence-electron chi connectivity index (χ1n) is 9.84. The van der Waals surface area contributed by atoms with Crippen molar-refractivity contribution in [2.24, 2.45) is 0 Å². The lowest BCUT2D eigenvalue weighted by molar-refractivity contribution is -0.885. The van der Waals surface area contributed by atoms with Crippen LogP contribution in [0.4, 0.5) is 15.8 Å². The highest BCUT2D eigenvalue weighted by Gasteiger charge is 2.14. The first-order valence-corrected chi connectivity index (χ1v) is 9.84. The molecule has 1 atom stereocenters. The number of halogens is 1. The molecule has 1 aliphatic rings. The molecule has 0 spiro atoms. The monoisotopic (exact) mass is 386 g/mol. The van der Waals surface area contributed by atoms with Gasteiger partial charge in [-0.3, -0.25) is 4.79 Å². The number of carbonyl (C=O) groups excluding carboxylic acids is 1. The number of benzene rings is 2. The van der Waals surface area contributed by atoms with E-state index in [9.17, 15) is 9.18 Å². The molecule has 6 heteroatoms. The molecule has 1 amide bonds. The topological polar surface area (TPSA) is 46.0 Å². The van der Waals surface area contributed by atoms with Gasteiger partial charge in [-0.15, -0.1) is 0 Å². The van der Waals surface area contributed by atoms with Gasteiger partial charge >= 0.3 is 0 Å². The van der Waals surface area contributed by atoms with E-state index in [1.807, 2.05) is 25.2 Å². The van der Waals surface area contributed by atoms with Crippen LogP contribution in [0.5, 0.6) is 5.75 Å². The molecule has 1 unspecified atom stereocenters. The number of piperidine rings is 1. The standard InChI is InChI=1S/C22H28FN3O2/c1-25(15-17-6-11-21(28-2)20(23)14-17)16-22(27)24-18-7-9-19(10-8-18)26-12-4-3-5-13-26/h6-11,14H,3-5,12-13,15-16H2,1-2H3,(H,24,27)/p+1. The summed E-state index contributed by atoms with van der Waals surface area (Å²) in [6.45, 7) is 3.07. The van der Waals surface area contributed by atoms with Gasteiger partial charge in [0.1, 0.15) is 6.54 Å². The maximum atomic E-state index is 13.8. The molecule has 1 saturated heterocycles. The Morgan fingerprint density at radius 2 is 1.86 bits per heavy atom. The number of amides is 1. The third-order valence-electron chi connectivity index (χ3n) is 5.06. The van der Waals surface area contributed by atoms with Crippen LogP contribution in [0.25, 0.3) is 0 Å². The molecule has 0 radical (unpaired) electrons. The number of quaternary nitrogens is 1. The van der Waals surface area contributed by atoms with Crippen molar-refractivity contribution in [3.63, 3.8) is 0 Å². The van der Waals surface area contributed by atoms with Gasteiger partial charge in [-0.2, -0.15) is 0 Å². The van der Waals surface area contributed by atoms with E-state index in [-0.39, 0.29) is 17.5 Å². The lowest BCUT2D eigenvalue weighted by atomic mass is 10.1. The number of nitrogens with one attached hydrogen (secondary N) is 2. The van der Waals surface area contributed by atoms with Crippen LogP contribution in [0.1, 0.15) is 24.8 Å². The van der Waals surface area contributed by atoms with Crippen molar-refractivity contribution in [2.45, 2.75) is 25.8 Å². The van der Waals surface area contributed by atoms with Crippen LogP contribution in [0.3, 0.4) is 0 Å². The predicted molar refractivity (Wildman–Crippen MR) is 110 cm³/mol. The third kappa shape index (κ3) is 5.45. The van der Waals surface area contributed by atoms with Crippen LogP contribution < -0.4 is 19.9 Å². The zero-order chi connectivity index (χ0) is 19.9. The van der Waals surface area contributed by atoms with Crippen molar-refractivity contribution < 1.29 is 18.8 Å². The fourth-order valence-corrected chi connectivity index (χ4v) is 3.62. The van der Waals surface area contributed by atoms with Crippen LogP contribution in [0.2, 0.25) is 0 Å². The summed E-state index contributed by atoms with van der Waals surface area (Å²) in [5.74, 6) is -0.213. The van der Waals surface area contributed by atoms with E-state index in [0.29, 0.717) is 13.1 Å². The molecule has 0 bridgehead atoms. The lowest BCUT2D eigenvalue weighted by Gasteiger charge is -2.28. The fourth-order valence-electron chi connectivity index (χ4n) is 3.62. The van der Waals surface area contributed by atoms with Gasteiger partial charge in [0.15, 0.2) is 18.1 Å². The molecular formula is C22H29FN3O2+. The second-order valence-electron chi connectivity index (χ2n) is 7.42. The molecule has 5 nitrogen and oxygen atoms in total. The number of hydrogen-bond acceptors (Lipinski definition) is 3. The number of anilines is 2. The Balaban J connectivity index is 1.49. The quantitative estimate of drug-likeness (QED) is 0.769. The van der Waals surface area contributed by atoms with Gasteiger partial charge < -0.3 is 19.9 Å². The zero-order valence-electron chi connectivity index (χ0n) is 16.6. The molecule has 2 aromatic carbocycles. The minimum absolute atomic E-state index is 0.0581. The average molecular weight is 386 g/mol. The van der Waals surface area contributed by atoms with Crippen LogP contribution >= 0.6 is 0 Å². The number of hydrogen-bond donors (Lipinski definition) is 2. The van der Waals surface area contributed by atoms with Crippen LogP contribution in [0.15, 0.2) is 42.5 Å². The first kappa shape index (κ1) is 20.1. The first-order chi connectivity index (χ1) is 13.5. The van der Waals surface area contributed by atoms with Crippen molar-refractivity contribution >= 4 is 17.3 Å². The third-order valence-corrected chi connectivity index (χ3v) is 5.06. The van der Waals surface area contributed by atoms with Crippen molar-refractivity contribution in [2.75, 3.05) is 44.0 Å². The molecule has 2 aromatic rings. The molecule has 0 aliphatic carbocycles. The molecule has 1 fully saturated rings. The van der Waals surface area contributed by atoms with Gasteiger partial charge in [-0.05, 0) is 61.7 Å². The molecule has 150 valence electrons. The van der Waals surface area contributed by atoms with Crippen molar-refractivity contribution in [3.05, 3.63) is 53.8 Å². The Morgan fingerprint density at radius 1 is 1.14 bits per heavy atom. The normalized spacial score (nSPS) is 15.2. The lowest BCUT2D eigenvalue weighted by Crippen LogP contribution is -3.08. The minimum atomic E-state index is -0.383. The van der Waals surface area contributed by atoms with E-state index in [4.69, 9.17) is 4.74 Å². The number of ether oxygens (including phenoxy) is 1. The summed E-state index contributed by atoms with van der Waals surface area (Å²) < 4.78 is 18.7. The highest BCUT2D eigenvalue weighted by molar-refractivity contribution is 5.91. The summed E-state index contributed by atoms with van der Waals surface area (Å²) in [5, 5.41) is 2.95. The molecule has 0 aromatic heterocycles. The van der Waals surface area contributed by atoms with E-state index < -0.39 is 0 Å². The number of methoxy groups -OCH3 is 1. The van der Waals surface area contributed by atoms with Crippen molar-refractivity contribution in [1.29, 1.82) is 0 Å². The molecule has 0 saturated carbocycles. The van der Waals surface area contributed by atoms with Gasteiger partial charge in [0.25, 0.3) is 5.91 Å². The van der Waals surface area contributed by atoms with Gasteiger partial charge in [0, 0.05) is 30.0 Å². The Bertz CT molecular complexity index is 789. The number of nitrogens with zero attached hydrogens (tertiary/aromatic N) is 1. The average Bonchev–Trinajstić information content (AvgIpc) is 2.69. The summed E-state index contributed by atoms with van der Waals surface area (Å²) in [6.07, 6.45) is 3.79. The second-order valence-corrected chi connectivity index (χ2v) is 7.42. The van der Waals surface area contributed by atoms with Crippen molar-refractivity contribution in [1.82, 2.24) is 0 Å². The van der Waals surface area contributed by atoms with Crippen LogP contribution in [0, 0.1) is 5.82 Å². The van der Waals surface area contributed by atoms with E-state index in [1.54, 1.807) is 6.07 Å². The second kappa shape index (κ2) is 9.55. The Hall–Kier alpha value is -2.60. The maximum absolute atomic E-state index is 13.8. The van der Waals surface area contributed by atoms with Crippen LogP contribution in [-0.4, -0.2) is 39.7 Å². The molecule has 28 heavy (non-hydrogen) atoms.